The van der Waals surface area contributed by atoms with Gasteiger partial charge in [0.1, 0.15) is 6.61 Å². The highest BCUT2D eigenvalue weighted by Gasteiger charge is 2.43. The van der Waals surface area contributed by atoms with Gasteiger partial charge in [0.2, 0.25) is 5.91 Å². The Morgan fingerprint density at radius 3 is 2.36 bits per heavy atom. The third-order valence-corrected chi connectivity index (χ3v) is 6.33. The molecule has 0 bridgehead atoms. The van der Waals surface area contributed by atoms with Crippen molar-refractivity contribution in [2.24, 2.45) is 5.41 Å². The maximum Gasteiger partial charge on any atom is 0.411 e. The van der Waals surface area contributed by atoms with E-state index < -0.39 is 17.6 Å². The molecule has 0 aliphatic carbocycles. The average Bonchev–Trinajstić information content (AvgIpc) is 2.82. The first-order valence-electron chi connectivity index (χ1n) is 10.9. The third-order valence-electron chi connectivity index (χ3n) is 5.96. The molecular weight excluding hydrogens is 446 g/mol. The van der Waals surface area contributed by atoms with Crippen molar-refractivity contribution in [3.63, 3.8) is 0 Å². The molecule has 0 atom stereocenters. The molecular formula is C24H28ClN3O5. The van der Waals surface area contributed by atoms with E-state index in [1.165, 1.54) is 4.90 Å². The van der Waals surface area contributed by atoms with Crippen LogP contribution in [0.25, 0.3) is 0 Å². The molecule has 2 aromatic carbocycles. The molecule has 176 valence electrons. The minimum absolute atomic E-state index is 0.159. The predicted octanol–water partition coefficient (Wildman–Crippen LogP) is 4.53. The van der Waals surface area contributed by atoms with Crippen molar-refractivity contribution in [2.45, 2.75) is 32.7 Å². The number of hydrogen-bond donors (Lipinski definition) is 3. The number of rotatable bonds is 7. The van der Waals surface area contributed by atoms with E-state index in [1.54, 1.807) is 24.3 Å². The first kappa shape index (κ1) is 24.4. The van der Waals surface area contributed by atoms with Crippen molar-refractivity contribution < 1.29 is 24.2 Å². The monoisotopic (exact) mass is 473 g/mol. The third kappa shape index (κ3) is 6.38. The maximum absolute atomic E-state index is 13.2. The van der Waals surface area contributed by atoms with Crippen LogP contribution in [0.1, 0.15) is 30.9 Å². The molecule has 0 aromatic heterocycles. The van der Waals surface area contributed by atoms with Crippen molar-refractivity contribution in [1.29, 1.82) is 0 Å². The molecule has 0 unspecified atom stereocenters. The lowest BCUT2D eigenvalue weighted by molar-refractivity contribution is -0.136. The van der Waals surface area contributed by atoms with E-state index >= 15 is 0 Å². The van der Waals surface area contributed by atoms with Gasteiger partial charge in [-0.25, -0.2) is 9.59 Å². The zero-order chi connectivity index (χ0) is 23.8. The number of piperidine rings is 1. The maximum atomic E-state index is 13.2. The normalized spacial score (nSPS) is 14.9. The Morgan fingerprint density at radius 2 is 1.76 bits per heavy atom. The molecule has 8 nitrogen and oxygen atoms in total. The van der Waals surface area contributed by atoms with E-state index in [1.807, 2.05) is 31.2 Å². The highest BCUT2D eigenvalue weighted by Crippen LogP contribution is 2.33. The van der Waals surface area contributed by atoms with Gasteiger partial charge in [-0.15, -0.1) is 0 Å². The lowest BCUT2D eigenvalue weighted by Gasteiger charge is -2.39. The van der Waals surface area contributed by atoms with Gasteiger partial charge in [0.25, 0.3) is 0 Å². The van der Waals surface area contributed by atoms with Crippen LogP contribution in [0, 0.1) is 5.41 Å². The molecule has 1 aliphatic heterocycles. The van der Waals surface area contributed by atoms with Crippen molar-refractivity contribution in [1.82, 2.24) is 10.2 Å². The molecule has 0 saturated carbocycles. The first-order valence-corrected chi connectivity index (χ1v) is 11.2. The predicted molar refractivity (Wildman–Crippen MR) is 125 cm³/mol. The van der Waals surface area contributed by atoms with E-state index in [0.717, 1.165) is 17.5 Å². The highest BCUT2D eigenvalue weighted by molar-refractivity contribution is 6.31. The zero-order valence-corrected chi connectivity index (χ0v) is 19.2. The Kier molecular flexibility index (Phi) is 8.16. The van der Waals surface area contributed by atoms with Crippen molar-refractivity contribution >= 4 is 35.4 Å². The summed E-state index contributed by atoms with van der Waals surface area (Å²) in [6, 6.07) is 14.6. The average molecular weight is 474 g/mol. The molecule has 2 aromatic rings. The number of likely N-dealkylation sites (tertiary alicyclic amines) is 1. The molecule has 1 heterocycles. The molecule has 9 heteroatoms. The molecule has 0 spiro atoms. The van der Waals surface area contributed by atoms with Gasteiger partial charge >= 0.3 is 12.2 Å². The summed E-state index contributed by atoms with van der Waals surface area (Å²) in [5.41, 5.74) is 1.47. The molecule has 1 saturated heterocycles. The smallest absolute Gasteiger partial charge is 0.411 e. The summed E-state index contributed by atoms with van der Waals surface area (Å²) in [6.45, 7) is 2.46. The van der Waals surface area contributed by atoms with Crippen molar-refractivity contribution in [3.05, 3.63) is 64.7 Å². The van der Waals surface area contributed by atoms with E-state index in [-0.39, 0.29) is 45.0 Å². The van der Waals surface area contributed by atoms with Crippen LogP contribution < -0.4 is 10.6 Å². The molecule has 1 aliphatic rings. The highest BCUT2D eigenvalue weighted by atomic mass is 35.5. The summed E-state index contributed by atoms with van der Waals surface area (Å²) in [4.78, 5) is 38.1. The fraction of sp³-hybridized carbons (Fsp3) is 0.375. The number of ether oxygens (including phenoxy) is 1. The van der Waals surface area contributed by atoms with E-state index in [0.29, 0.717) is 10.7 Å². The Labute approximate surface area is 197 Å². The standard InChI is InChI=1S/C24H28ClN3O5/c1-2-17-7-9-19(10-8-17)27-22(30)33-16-24(11-13-28(14-12-24)23(31)32)21(29)26-15-18-5-3-4-6-20(18)25/h3-10H,2,11-16H2,1H3,(H,26,29)(H,27,30)(H,31,32). The second-order valence-corrected chi connectivity index (χ2v) is 8.48. The van der Waals surface area contributed by atoms with Crippen LogP contribution in [-0.2, 0) is 22.5 Å². The number of carboxylic acid groups (broad SMARTS) is 1. The van der Waals surface area contributed by atoms with Gasteiger partial charge < -0.3 is 20.1 Å². The van der Waals surface area contributed by atoms with E-state index in [2.05, 4.69) is 10.6 Å². The lowest BCUT2D eigenvalue weighted by atomic mass is 9.78. The van der Waals surface area contributed by atoms with Crippen LogP contribution in [0.4, 0.5) is 15.3 Å². The molecule has 0 radical (unpaired) electrons. The minimum atomic E-state index is -1.03. The number of halogens is 1. The zero-order valence-electron chi connectivity index (χ0n) is 18.5. The van der Waals surface area contributed by atoms with Gasteiger partial charge in [0.15, 0.2) is 0 Å². The van der Waals surface area contributed by atoms with Crippen molar-refractivity contribution in [3.8, 4) is 0 Å². The summed E-state index contributed by atoms with van der Waals surface area (Å²) in [5, 5.41) is 15.3. The van der Waals surface area contributed by atoms with Gasteiger partial charge in [-0.3, -0.25) is 10.1 Å². The number of anilines is 1. The van der Waals surface area contributed by atoms with Crippen molar-refractivity contribution in [2.75, 3.05) is 25.0 Å². The Morgan fingerprint density at radius 1 is 1.09 bits per heavy atom. The fourth-order valence-corrected chi connectivity index (χ4v) is 3.95. The quantitative estimate of drug-likeness (QED) is 0.547. The van der Waals surface area contributed by atoms with Gasteiger partial charge in [-0.2, -0.15) is 0 Å². The Bertz CT molecular complexity index is 988. The number of amides is 3. The molecule has 3 rings (SSSR count). The van der Waals surface area contributed by atoms with Gasteiger partial charge in [0, 0.05) is 30.3 Å². The number of nitrogens with one attached hydrogen (secondary N) is 2. The first-order chi connectivity index (χ1) is 15.8. The summed E-state index contributed by atoms with van der Waals surface area (Å²) >= 11 is 6.18. The fourth-order valence-electron chi connectivity index (χ4n) is 3.75. The number of aryl methyl sites for hydroxylation is 1. The second-order valence-electron chi connectivity index (χ2n) is 8.08. The Hall–Kier alpha value is -3.26. The largest absolute Gasteiger partial charge is 0.465 e. The Balaban J connectivity index is 1.65. The molecule has 3 N–H and O–H groups in total. The van der Waals surface area contributed by atoms with Crippen LogP contribution in [0.5, 0.6) is 0 Å². The topological polar surface area (TPSA) is 108 Å². The molecule has 33 heavy (non-hydrogen) atoms. The number of hydrogen-bond acceptors (Lipinski definition) is 4. The number of nitrogens with zero attached hydrogens (tertiary/aromatic N) is 1. The van der Waals surface area contributed by atoms with Gasteiger partial charge in [-0.05, 0) is 48.6 Å². The van der Waals surface area contributed by atoms with Gasteiger partial charge in [0.05, 0.1) is 5.41 Å². The van der Waals surface area contributed by atoms with E-state index in [4.69, 9.17) is 16.3 Å². The van der Waals surface area contributed by atoms with Crippen LogP contribution in [0.15, 0.2) is 48.5 Å². The SMILES string of the molecule is CCc1ccc(NC(=O)OCC2(C(=O)NCc3ccccc3Cl)CCN(C(=O)O)CC2)cc1. The summed E-state index contributed by atoms with van der Waals surface area (Å²) in [6.07, 6.45) is -0.324. The summed E-state index contributed by atoms with van der Waals surface area (Å²) < 4.78 is 5.44. The van der Waals surface area contributed by atoms with E-state index in [9.17, 15) is 19.5 Å². The molecule has 3 amide bonds. The molecule has 1 fully saturated rings. The minimum Gasteiger partial charge on any atom is -0.465 e. The number of carbonyl (C=O) groups excluding carboxylic acids is 2. The van der Waals surface area contributed by atoms with Crippen LogP contribution in [-0.4, -0.2) is 47.8 Å². The number of carbonyl (C=O) groups is 3. The van der Waals surface area contributed by atoms with Crippen LogP contribution in [0.3, 0.4) is 0 Å². The summed E-state index contributed by atoms with van der Waals surface area (Å²) in [5.74, 6) is -0.299. The van der Waals surface area contributed by atoms with Crippen LogP contribution in [0.2, 0.25) is 5.02 Å². The summed E-state index contributed by atoms with van der Waals surface area (Å²) in [7, 11) is 0. The second kappa shape index (κ2) is 11.0. The number of benzene rings is 2. The van der Waals surface area contributed by atoms with Crippen LogP contribution >= 0.6 is 11.6 Å². The van der Waals surface area contributed by atoms with Gasteiger partial charge in [-0.1, -0.05) is 48.9 Å². The lowest BCUT2D eigenvalue weighted by Crippen LogP contribution is -2.52.